The van der Waals surface area contributed by atoms with Crippen LogP contribution in [0, 0.1) is 18.6 Å². The first-order valence-electron chi connectivity index (χ1n) is 8.36. The Kier molecular flexibility index (Phi) is 6.77. The second-order valence-electron chi connectivity index (χ2n) is 5.92. The van der Waals surface area contributed by atoms with Gasteiger partial charge in [0, 0.05) is 23.7 Å². The highest BCUT2D eigenvalue weighted by Crippen LogP contribution is 2.33. The molecule has 0 aliphatic rings. The lowest BCUT2D eigenvalue weighted by Crippen LogP contribution is -2.20. The van der Waals surface area contributed by atoms with Crippen LogP contribution in [0.5, 0.6) is 5.75 Å². The second-order valence-corrected chi connectivity index (χ2v) is 5.92. The number of ether oxygens (including phenoxy) is 1. The molecule has 0 atom stereocenters. The largest absolute Gasteiger partial charge is 0.493 e. The molecule has 1 amide bonds. The zero-order valence-electron chi connectivity index (χ0n) is 15.2. The fourth-order valence-electron chi connectivity index (χ4n) is 2.34. The van der Waals surface area contributed by atoms with Crippen LogP contribution in [0.15, 0.2) is 36.4 Å². The third-order valence-electron chi connectivity index (χ3n) is 3.86. The van der Waals surface area contributed by atoms with E-state index < -0.39 is 29.3 Å². The number of hydrogen-bond donors (Lipinski definition) is 1. The van der Waals surface area contributed by atoms with Gasteiger partial charge in [-0.25, -0.2) is 8.78 Å². The Labute approximate surface area is 158 Å². The van der Waals surface area contributed by atoms with Crippen LogP contribution >= 0.6 is 0 Å². The minimum absolute atomic E-state index is 0.0101. The van der Waals surface area contributed by atoms with Crippen LogP contribution in [0.3, 0.4) is 0 Å². The van der Waals surface area contributed by atoms with Crippen molar-refractivity contribution in [3.63, 3.8) is 0 Å². The van der Waals surface area contributed by atoms with Crippen molar-refractivity contribution in [2.45, 2.75) is 26.6 Å². The van der Waals surface area contributed by atoms with E-state index in [-0.39, 0.29) is 35.6 Å². The molecule has 28 heavy (non-hydrogen) atoms. The molecule has 0 fully saturated rings. The van der Waals surface area contributed by atoms with Crippen molar-refractivity contribution in [2.75, 3.05) is 6.61 Å². The van der Waals surface area contributed by atoms with Gasteiger partial charge < -0.3 is 10.1 Å². The Morgan fingerprint density at radius 1 is 1.14 bits per heavy atom. The van der Waals surface area contributed by atoms with Gasteiger partial charge in [-0.3, -0.25) is 4.79 Å². The molecule has 0 aliphatic carbocycles. The van der Waals surface area contributed by atoms with E-state index in [1.165, 1.54) is 19.1 Å². The highest BCUT2D eigenvalue weighted by atomic mass is 19.4. The highest BCUT2D eigenvalue weighted by molar-refractivity contribution is 5.92. The van der Waals surface area contributed by atoms with Gasteiger partial charge in [0.15, 0.2) is 0 Å². The van der Waals surface area contributed by atoms with Crippen LogP contribution in [0.1, 0.15) is 29.2 Å². The lowest BCUT2D eigenvalue weighted by atomic mass is 10.1. The Hall–Kier alpha value is -2.90. The zero-order chi connectivity index (χ0) is 20.9. The summed E-state index contributed by atoms with van der Waals surface area (Å²) in [5, 5.41) is 2.45. The van der Waals surface area contributed by atoms with Gasteiger partial charge in [0.25, 0.3) is 0 Å². The maximum absolute atomic E-state index is 13.5. The number of amides is 1. The van der Waals surface area contributed by atoms with Gasteiger partial charge in [0.05, 0.1) is 12.2 Å². The second kappa shape index (κ2) is 8.86. The maximum Gasteiger partial charge on any atom is 0.416 e. The van der Waals surface area contributed by atoms with Gasteiger partial charge in [-0.1, -0.05) is 6.07 Å². The number of rotatable bonds is 6. The van der Waals surface area contributed by atoms with Crippen LogP contribution in [-0.4, -0.2) is 12.5 Å². The monoisotopic (exact) mass is 399 g/mol. The predicted octanol–water partition coefficient (Wildman–Crippen LogP) is 5.02. The SMILES string of the molecule is CCOc1cc(C(F)(F)F)ccc1/C=C/C(=O)NCc1cc(F)c(C)c(F)c1. The standard InChI is InChI=1S/C20H18F5NO2/c1-3-28-18-10-15(20(23,24)25)6-4-14(18)5-7-19(27)26-11-13-8-16(21)12(2)17(22)9-13/h4-10H,3,11H2,1-2H3,(H,26,27)/b7-5+. The molecule has 0 unspecified atom stereocenters. The van der Waals surface area contributed by atoms with E-state index in [1.807, 2.05) is 0 Å². The highest BCUT2D eigenvalue weighted by Gasteiger charge is 2.31. The number of carbonyl (C=O) groups excluding carboxylic acids is 1. The maximum atomic E-state index is 13.5. The molecule has 0 spiro atoms. The Balaban J connectivity index is 2.09. The van der Waals surface area contributed by atoms with Gasteiger partial charge >= 0.3 is 6.18 Å². The predicted molar refractivity (Wildman–Crippen MR) is 94.6 cm³/mol. The van der Waals surface area contributed by atoms with E-state index in [0.717, 1.165) is 30.3 Å². The first kappa shape index (κ1) is 21.4. The summed E-state index contributed by atoms with van der Waals surface area (Å²) in [5.41, 5.74) is -0.439. The summed E-state index contributed by atoms with van der Waals surface area (Å²) in [6.07, 6.45) is -2.10. The topological polar surface area (TPSA) is 38.3 Å². The number of benzene rings is 2. The van der Waals surface area contributed by atoms with Gasteiger partial charge in [-0.2, -0.15) is 13.2 Å². The minimum atomic E-state index is -4.51. The number of hydrogen-bond acceptors (Lipinski definition) is 2. The fourth-order valence-corrected chi connectivity index (χ4v) is 2.34. The van der Waals surface area contributed by atoms with E-state index in [9.17, 15) is 26.7 Å². The van der Waals surface area contributed by atoms with Crippen LogP contribution in [0.25, 0.3) is 6.08 Å². The Bertz CT molecular complexity index is 868. The summed E-state index contributed by atoms with van der Waals surface area (Å²) in [5.74, 6) is -2.02. The average Bonchev–Trinajstić information content (AvgIpc) is 2.62. The summed E-state index contributed by atoms with van der Waals surface area (Å²) < 4.78 is 70.6. The Morgan fingerprint density at radius 2 is 1.79 bits per heavy atom. The van der Waals surface area contributed by atoms with Gasteiger partial charge in [-0.15, -0.1) is 0 Å². The van der Waals surface area contributed by atoms with E-state index in [4.69, 9.17) is 4.74 Å². The molecule has 0 saturated heterocycles. The molecule has 2 aromatic carbocycles. The van der Waals surface area contributed by atoms with Gasteiger partial charge in [0.2, 0.25) is 5.91 Å². The minimum Gasteiger partial charge on any atom is -0.493 e. The van der Waals surface area contributed by atoms with Crippen molar-refractivity contribution in [3.8, 4) is 5.75 Å². The summed E-state index contributed by atoms with van der Waals surface area (Å²) in [6, 6.07) is 5.18. The normalized spacial score (nSPS) is 11.7. The molecule has 2 rings (SSSR count). The number of nitrogens with one attached hydrogen (secondary N) is 1. The molecule has 0 heterocycles. The fraction of sp³-hybridized carbons (Fsp3) is 0.250. The zero-order valence-corrected chi connectivity index (χ0v) is 15.2. The van der Waals surface area contributed by atoms with Crippen LogP contribution in [0.2, 0.25) is 0 Å². The smallest absolute Gasteiger partial charge is 0.416 e. The molecule has 3 nitrogen and oxygen atoms in total. The van der Waals surface area contributed by atoms with Crippen LogP contribution in [-0.2, 0) is 17.5 Å². The Morgan fingerprint density at radius 3 is 2.36 bits per heavy atom. The lowest BCUT2D eigenvalue weighted by Gasteiger charge is -2.12. The molecule has 0 aliphatic heterocycles. The van der Waals surface area contributed by atoms with Crippen molar-refractivity contribution >= 4 is 12.0 Å². The summed E-state index contributed by atoms with van der Waals surface area (Å²) >= 11 is 0. The molecular weight excluding hydrogens is 381 g/mol. The number of carbonyl (C=O) groups is 1. The van der Waals surface area contributed by atoms with Gasteiger partial charge in [0.1, 0.15) is 17.4 Å². The molecule has 8 heteroatoms. The van der Waals surface area contributed by atoms with E-state index in [2.05, 4.69) is 5.32 Å². The first-order valence-corrected chi connectivity index (χ1v) is 8.36. The summed E-state index contributed by atoms with van der Waals surface area (Å²) in [7, 11) is 0. The quantitative estimate of drug-likeness (QED) is 0.547. The molecular formula is C20H18F5NO2. The summed E-state index contributed by atoms with van der Waals surface area (Å²) in [4.78, 5) is 11.9. The lowest BCUT2D eigenvalue weighted by molar-refractivity contribution is -0.137. The molecule has 0 saturated carbocycles. The van der Waals surface area contributed by atoms with E-state index in [1.54, 1.807) is 6.92 Å². The molecule has 1 N–H and O–H groups in total. The number of alkyl halides is 3. The molecule has 150 valence electrons. The molecule has 0 radical (unpaired) electrons. The van der Waals surface area contributed by atoms with E-state index in [0.29, 0.717) is 0 Å². The van der Waals surface area contributed by atoms with Crippen LogP contribution < -0.4 is 10.1 Å². The van der Waals surface area contributed by atoms with Crippen molar-refractivity contribution in [2.24, 2.45) is 0 Å². The third kappa shape index (κ3) is 5.55. The average molecular weight is 399 g/mol. The number of halogens is 5. The van der Waals surface area contributed by atoms with Crippen molar-refractivity contribution in [1.29, 1.82) is 0 Å². The van der Waals surface area contributed by atoms with Crippen LogP contribution in [0.4, 0.5) is 22.0 Å². The molecule has 0 aromatic heterocycles. The molecule has 0 bridgehead atoms. The first-order chi connectivity index (χ1) is 13.1. The molecule has 2 aromatic rings. The van der Waals surface area contributed by atoms with Crippen molar-refractivity contribution in [1.82, 2.24) is 5.32 Å². The summed E-state index contributed by atoms with van der Waals surface area (Å²) in [6.45, 7) is 2.97. The van der Waals surface area contributed by atoms with Crippen molar-refractivity contribution < 1.29 is 31.5 Å². The van der Waals surface area contributed by atoms with Crippen molar-refractivity contribution in [3.05, 3.63) is 70.3 Å². The third-order valence-corrected chi connectivity index (χ3v) is 3.86. The van der Waals surface area contributed by atoms with E-state index >= 15 is 0 Å². The van der Waals surface area contributed by atoms with Gasteiger partial charge in [-0.05, 0) is 49.8 Å².